The molecule has 0 bridgehead atoms. The monoisotopic (exact) mass is 234 g/mol. The van der Waals surface area contributed by atoms with Crippen LogP contribution in [0.4, 0.5) is 4.79 Å². The van der Waals surface area contributed by atoms with E-state index in [2.05, 4.69) is 5.32 Å². The molecule has 0 fully saturated rings. The van der Waals surface area contributed by atoms with Crippen LogP contribution in [0.2, 0.25) is 0 Å². The van der Waals surface area contributed by atoms with E-state index in [1.807, 2.05) is 0 Å². The minimum Gasteiger partial charge on any atom is -0.480 e. The van der Waals surface area contributed by atoms with E-state index in [4.69, 9.17) is 15.3 Å². The van der Waals surface area contributed by atoms with Crippen LogP contribution in [0.1, 0.15) is 13.8 Å². The molecule has 0 saturated heterocycles. The first-order valence-corrected chi connectivity index (χ1v) is 4.86. The van der Waals surface area contributed by atoms with Crippen LogP contribution in [0.15, 0.2) is 0 Å². The molecule has 3 unspecified atom stereocenters. The SMILES string of the molecule is CC(O)CN(C)C(=O)NC(C(=O)O)C(C)O. The maximum absolute atomic E-state index is 11.4. The molecule has 0 aliphatic carbocycles. The fourth-order valence-electron chi connectivity index (χ4n) is 1.11. The Hall–Kier alpha value is -1.34. The van der Waals surface area contributed by atoms with Gasteiger partial charge in [-0.1, -0.05) is 0 Å². The highest BCUT2D eigenvalue weighted by Crippen LogP contribution is 1.96. The van der Waals surface area contributed by atoms with Crippen molar-refractivity contribution in [3.8, 4) is 0 Å². The smallest absolute Gasteiger partial charge is 0.328 e. The molecular formula is C9H18N2O5. The Kier molecular flexibility index (Phi) is 5.76. The van der Waals surface area contributed by atoms with Crippen molar-refractivity contribution in [3.63, 3.8) is 0 Å². The Morgan fingerprint density at radius 3 is 2.12 bits per heavy atom. The zero-order chi connectivity index (χ0) is 12.9. The molecule has 0 rings (SSSR count). The van der Waals surface area contributed by atoms with Crippen LogP contribution < -0.4 is 5.32 Å². The molecule has 7 heteroatoms. The Labute approximate surface area is 93.7 Å². The first-order valence-electron chi connectivity index (χ1n) is 4.86. The Morgan fingerprint density at radius 1 is 1.31 bits per heavy atom. The summed E-state index contributed by atoms with van der Waals surface area (Å²) in [6.45, 7) is 2.86. The van der Waals surface area contributed by atoms with Gasteiger partial charge in [0.15, 0.2) is 6.04 Å². The fourth-order valence-corrected chi connectivity index (χ4v) is 1.11. The van der Waals surface area contributed by atoms with E-state index >= 15 is 0 Å². The normalized spacial score (nSPS) is 16.1. The second-order valence-electron chi connectivity index (χ2n) is 3.74. The van der Waals surface area contributed by atoms with Crippen LogP contribution >= 0.6 is 0 Å². The van der Waals surface area contributed by atoms with Crippen molar-refractivity contribution < 1.29 is 24.9 Å². The van der Waals surface area contributed by atoms with Crippen molar-refractivity contribution in [3.05, 3.63) is 0 Å². The predicted octanol–water partition coefficient (Wildman–Crippen LogP) is -1.16. The fraction of sp³-hybridized carbons (Fsp3) is 0.778. The molecule has 0 saturated carbocycles. The molecule has 0 aliphatic heterocycles. The molecular weight excluding hydrogens is 216 g/mol. The van der Waals surface area contributed by atoms with E-state index in [1.165, 1.54) is 20.9 Å². The van der Waals surface area contributed by atoms with Gasteiger partial charge in [0.2, 0.25) is 0 Å². The van der Waals surface area contributed by atoms with Crippen LogP contribution in [0.25, 0.3) is 0 Å². The average molecular weight is 234 g/mol. The Morgan fingerprint density at radius 2 is 1.81 bits per heavy atom. The molecule has 0 radical (unpaired) electrons. The number of aliphatic hydroxyl groups is 2. The van der Waals surface area contributed by atoms with E-state index in [1.54, 1.807) is 0 Å². The van der Waals surface area contributed by atoms with Gasteiger partial charge in [0.25, 0.3) is 0 Å². The first kappa shape index (κ1) is 14.7. The average Bonchev–Trinajstić information content (AvgIpc) is 2.11. The second kappa shape index (κ2) is 6.29. The molecule has 7 nitrogen and oxygen atoms in total. The van der Waals surface area contributed by atoms with Crippen molar-refractivity contribution in [1.82, 2.24) is 10.2 Å². The van der Waals surface area contributed by atoms with Gasteiger partial charge in [-0.2, -0.15) is 0 Å². The lowest BCUT2D eigenvalue weighted by molar-refractivity contribution is -0.141. The van der Waals surface area contributed by atoms with Gasteiger partial charge in [-0.15, -0.1) is 0 Å². The number of carbonyl (C=O) groups is 2. The summed E-state index contributed by atoms with van der Waals surface area (Å²) in [6.07, 6.45) is -1.90. The molecule has 2 amide bonds. The van der Waals surface area contributed by atoms with E-state index in [9.17, 15) is 9.59 Å². The molecule has 4 N–H and O–H groups in total. The number of likely N-dealkylation sites (N-methyl/N-ethyl adjacent to an activating group) is 1. The third kappa shape index (κ3) is 4.94. The van der Waals surface area contributed by atoms with Gasteiger partial charge in [0, 0.05) is 13.6 Å². The maximum atomic E-state index is 11.4. The summed E-state index contributed by atoms with van der Waals surface area (Å²) in [7, 11) is 1.42. The van der Waals surface area contributed by atoms with Crippen molar-refractivity contribution in [2.45, 2.75) is 32.1 Å². The molecule has 0 aliphatic rings. The highest BCUT2D eigenvalue weighted by molar-refractivity contribution is 5.82. The zero-order valence-corrected chi connectivity index (χ0v) is 9.54. The molecule has 16 heavy (non-hydrogen) atoms. The molecule has 3 atom stereocenters. The number of carboxylic acid groups (broad SMARTS) is 1. The number of carboxylic acids is 1. The minimum atomic E-state index is -1.36. The number of aliphatic hydroxyl groups excluding tert-OH is 2. The van der Waals surface area contributed by atoms with Crippen molar-refractivity contribution >= 4 is 12.0 Å². The van der Waals surface area contributed by atoms with Crippen LogP contribution in [0.3, 0.4) is 0 Å². The molecule has 0 spiro atoms. The number of nitrogens with zero attached hydrogens (tertiary/aromatic N) is 1. The number of rotatable bonds is 5. The van der Waals surface area contributed by atoms with Gasteiger partial charge in [0.05, 0.1) is 12.2 Å². The second-order valence-corrected chi connectivity index (χ2v) is 3.74. The van der Waals surface area contributed by atoms with Crippen LogP contribution in [0.5, 0.6) is 0 Å². The lowest BCUT2D eigenvalue weighted by atomic mass is 10.2. The largest absolute Gasteiger partial charge is 0.480 e. The summed E-state index contributed by atoms with van der Waals surface area (Å²) in [4.78, 5) is 23.2. The summed E-state index contributed by atoms with van der Waals surface area (Å²) in [5.41, 5.74) is 0. The lowest BCUT2D eigenvalue weighted by Gasteiger charge is -2.23. The summed E-state index contributed by atoms with van der Waals surface area (Å²) in [5, 5.41) is 29.0. The number of urea groups is 1. The first-order chi connectivity index (χ1) is 7.25. The standard InChI is InChI=1S/C9H18N2O5/c1-5(12)4-11(3)9(16)10-7(6(2)13)8(14)15/h5-7,12-13H,4H2,1-3H3,(H,10,16)(H,14,15). The number of nitrogens with one attached hydrogen (secondary N) is 1. The quantitative estimate of drug-likeness (QED) is 0.480. The highest BCUT2D eigenvalue weighted by Gasteiger charge is 2.26. The summed E-state index contributed by atoms with van der Waals surface area (Å²) < 4.78 is 0. The van der Waals surface area contributed by atoms with E-state index in [0.29, 0.717) is 0 Å². The molecule has 0 heterocycles. The number of hydrogen-bond acceptors (Lipinski definition) is 4. The van der Waals surface area contributed by atoms with Crippen molar-refractivity contribution in [2.75, 3.05) is 13.6 Å². The van der Waals surface area contributed by atoms with Gasteiger partial charge in [0.1, 0.15) is 0 Å². The highest BCUT2D eigenvalue weighted by atomic mass is 16.4. The molecule has 0 aromatic carbocycles. The Balaban J connectivity index is 4.35. The lowest BCUT2D eigenvalue weighted by Crippen LogP contribution is -2.52. The van der Waals surface area contributed by atoms with Gasteiger partial charge in [-0.25, -0.2) is 9.59 Å². The topological polar surface area (TPSA) is 110 Å². The van der Waals surface area contributed by atoms with Gasteiger partial charge in [-0.3, -0.25) is 0 Å². The number of aliphatic carboxylic acids is 1. The van der Waals surface area contributed by atoms with E-state index in [-0.39, 0.29) is 6.54 Å². The summed E-state index contributed by atoms with van der Waals surface area (Å²) in [5.74, 6) is -1.31. The number of amides is 2. The summed E-state index contributed by atoms with van der Waals surface area (Å²) in [6, 6.07) is -2.02. The Bertz CT molecular complexity index is 254. The van der Waals surface area contributed by atoms with Gasteiger partial charge >= 0.3 is 12.0 Å². The van der Waals surface area contributed by atoms with Crippen molar-refractivity contribution in [1.29, 1.82) is 0 Å². The summed E-state index contributed by atoms with van der Waals surface area (Å²) >= 11 is 0. The van der Waals surface area contributed by atoms with Gasteiger partial charge in [-0.05, 0) is 13.8 Å². The molecule has 0 aromatic rings. The van der Waals surface area contributed by atoms with E-state index in [0.717, 1.165) is 4.90 Å². The number of hydrogen-bond donors (Lipinski definition) is 4. The van der Waals surface area contributed by atoms with Crippen molar-refractivity contribution in [2.24, 2.45) is 0 Å². The minimum absolute atomic E-state index is 0.0813. The van der Waals surface area contributed by atoms with Crippen LogP contribution in [0, 0.1) is 0 Å². The van der Waals surface area contributed by atoms with Gasteiger partial charge < -0.3 is 25.5 Å². The predicted molar refractivity (Wildman–Crippen MR) is 55.9 cm³/mol. The third-order valence-electron chi connectivity index (χ3n) is 1.91. The maximum Gasteiger partial charge on any atom is 0.328 e. The number of carbonyl (C=O) groups excluding carboxylic acids is 1. The molecule has 94 valence electrons. The van der Waals surface area contributed by atoms with Crippen LogP contribution in [-0.2, 0) is 4.79 Å². The van der Waals surface area contributed by atoms with Crippen LogP contribution in [-0.4, -0.2) is 64.1 Å². The molecule has 0 aromatic heterocycles. The third-order valence-corrected chi connectivity index (χ3v) is 1.91. The van der Waals surface area contributed by atoms with E-state index < -0.39 is 30.3 Å². The zero-order valence-electron chi connectivity index (χ0n) is 9.54.